The molecule has 1 aliphatic heterocycles. The fourth-order valence-electron chi connectivity index (χ4n) is 3.54. The second-order valence-electron chi connectivity index (χ2n) is 7.45. The van der Waals surface area contributed by atoms with Crippen molar-refractivity contribution < 1.29 is 19.4 Å². The summed E-state index contributed by atoms with van der Waals surface area (Å²) >= 11 is 0. The third-order valence-electron chi connectivity index (χ3n) is 4.90. The van der Waals surface area contributed by atoms with E-state index in [1.165, 1.54) is 0 Å². The molecule has 3 N–H and O–H groups in total. The van der Waals surface area contributed by atoms with E-state index in [1.807, 2.05) is 47.2 Å². The van der Waals surface area contributed by atoms with Gasteiger partial charge in [0.15, 0.2) is 0 Å². The molecule has 0 bridgehead atoms. The minimum Gasteiger partial charge on any atom is -0.508 e. The molecule has 2 aromatic rings. The standard InChI is InChI=1S/C22H27N3O4/c1-24(15-21(23)27)14-16-4-2-5-17(12-16)22(28)25-10-8-19(9-11-25)29-20-7-3-6-18(26)13-20/h2-7,12-13,19,26H,8-11,14-15H2,1H3,(H2,23,27). The number of rotatable bonds is 7. The number of phenolic OH excluding ortho intramolecular Hbond substituents is 1. The largest absolute Gasteiger partial charge is 0.508 e. The smallest absolute Gasteiger partial charge is 0.253 e. The highest BCUT2D eigenvalue weighted by Crippen LogP contribution is 2.23. The molecule has 0 spiro atoms. The molecule has 1 aliphatic rings. The van der Waals surface area contributed by atoms with Crippen LogP contribution >= 0.6 is 0 Å². The summed E-state index contributed by atoms with van der Waals surface area (Å²) in [5.74, 6) is 0.440. The molecular formula is C22H27N3O4. The Kier molecular flexibility index (Phi) is 6.72. The van der Waals surface area contributed by atoms with Crippen LogP contribution in [0.3, 0.4) is 0 Å². The summed E-state index contributed by atoms with van der Waals surface area (Å²) in [5.41, 5.74) is 6.83. The third-order valence-corrected chi connectivity index (χ3v) is 4.90. The predicted molar refractivity (Wildman–Crippen MR) is 110 cm³/mol. The lowest BCUT2D eigenvalue weighted by molar-refractivity contribution is -0.118. The first-order chi connectivity index (χ1) is 13.9. The van der Waals surface area contributed by atoms with Crippen molar-refractivity contribution in [1.82, 2.24) is 9.80 Å². The van der Waals surface area contributed by atoms with E-state index in [-0.39, 0.29) is 30.2 Å². The number of nitrogens with two attached hydrogens (primary N) is 1. The van der Waals surface area contributed by atoms with Gasteiger partial charge < -0.3 is 20.5 Å². The Morgan fingerprint density at radius 1 is 1.17 bits per heavy atom. The number of aromatic hydroxyl groups is 1. The molecule has 0 aliphatic carbocycles. The fourth-order valence-corrected chi connectivity index (χ4v) is 3.54. The number of primary amides is 1. The van der Waals surface area contributed by atoms with Gasteiger partial charge in [0, 0.05) is 44.1 Å². The Hall–Kier alpha value is -3.06. The summed E-state index contributed by atoms with van der Waals surface area (Å²) < 4.78 is 5.92. The molecule has 1 heterocycles. The molecule has 0 atom stereocenters. The highest BCUT2D eigenvalue weighted by molar-refractivity contribution is 5.94. The summed E-state index contributed by atoms with van der Waals surface area (Å²) in [6.45, 7) is 1.96. The molecule has 0 saturated carbocycles. The van der Waals surface area contributed by atoms with Crippen LogP contribution in [-0.2, 0) is 11.3 Å². The van der Waals surface area contributed by atoms with Crippen LogP contribution in [0, 0.1) is 0 Å². The van der Waals surface area contributed by atoms with E-state index in [4.69, 9.17) is 10.5 Å². The lowest BCUT2D eigenvalue weighted by Crippen LogP contribution is -2.41. The van der Waals surface area contributed by atoms with Crippen LogP contribution in [0.5, 0.6) is 11.5 Å². The van der Waals surface area contributed by atoms with Crippen molar-refractivity contribution in [1.29, 1.82) is 0 Å². The van der Waals surface area contributed by atoms with Crippen molar-refractivity contribution in [2.24, 2.45) is 5.73 Å². The SMILES string of the molecule is CN(CC(N)=O)Cc1cccc(C(=O)N2CCC(Oc3cccc(O)c3)CC2)c1. The lowest BCUT2D eigenvalue weighted by Gasteiger charge is -2.32. The molecule has 1 saturated heterocycles. The summed E-state index contributed by atoms with van der Waals surface area (Å²) in [4.78, 5) is 27.6. The number of carbonyl (C=O) groups is 2. The molecule has 2 aromatic carbocycles. The van der Waals surface area contributed by atoms with E-state index in [2.05, 4.69) is 0 Å². The van der Waals surface area contributed by atoms with Crippen LogP contribution in [0.4, 0.5) is 0 Å². The van der Waals surface area contributed by atoms with Gasteiger partial charge in [-0.2, -0.15) is 0 Å². The Labute approximate surface area is 170 Å². The van der Waals surface area contributed by atoms with Gasteiger partial charge in [0.25, 0.3) is 5.91 Å². The van der Waals surface area contributed by atoms with Crippen LogP contribution in [0.15, 0.2) is 48.5 Å². The van der Waals surface area contributed by atoms with Gasteiger partial charge in [-0.25, -0.2) is 0 Å². The van der Waals surface area contributed by atoms with Gasteiger partial charge in [-0.1, -0.05) is 18.2 Å². The maximum atomic E-state index is 12.9. The highest BCUT2D eigenvalue weighted by Gasteiger charge is 2.25. The van der Waals surface area contributed by atoms with Crippen LogP contribution in [0.25, 0.3) is 0 Å². The maximum Gasteiger partial charge on any atom is 0.253 e. The first-order valence-electron chi connectivity index (χ1n) is 9.71. The summed E-state index contributed by atoms with van der Waals surface area (Å²) in [6.07, 6.45) is 1.50. The average molecular weight is 397 g/mol. The van der Waals surface area contributed by atoms with Gasteiger partial charge in [0.05, 0.1) is 6.54 Å². The monoisotopic (exact) mass is 397 g/mol. The van der Waals surface area contributed by atoms with Gasteiger partial charge in [0.1, 0.15) is 17.6 Å². The van der Waals surface area contributed by atoms with Gasteiger partial charge in [-0.3, -0.25) is 14.5 Å². The van der Waals surface area contributed by atoms with E-state index >= 15 is 0 Å². The zero-order valence-electron chi connectivity index (χ0n) is 16.6. The van der Waals surface area contributed by atoms with Crippen molar-refractivity contribution >= 4 is 11.8 Å². The number of benzene rings is 2. The normalized spacial score (nSPS) is 14.8. The number of nitrogens with zero attached hydrogens (tertiary/aromatic N) is 2. The van der Waals surface area contributed by atoms with Gasteiger partial charge in [0.2, 0.25) is 5.91 Å². The Balaban J connectivity index is 1.55. The number of carbonyl (C=O) groups excluding carboxylic acids is 2. The molecule has 154 valence electrons. The van der Waals surface area contributed by atoms with Crippen molar-refractivity contribution in [3.8, 4) is 11.5 Å². The Morgan fingerprint density at radius 3 is 2.59 bits per heavy atom. The van der Waals surface area contributed by atoms with Crippen molar-refractivity contribution in [2.45, 2.75) is 25.5 Å². The van der Waals surface area contributed by atoms with Crippen LogP contribution in [0.1, 0.15) is 28.8 Å². The first kappa shape index (κ1) is 20.7. The molecule has 0 unspecified atom stereocenters. The van der Waals surface area contributed by atoms with Crippen LogP contribution in [0.2, 0.25) is 0 Å². The molecule has 3 rings (SSSR count). The number of likely N-dealkylation sites (tertiary alicyclic amines) is 1. The Bertz CT molecular complexity index is 863. The van der Waals surface area contributed by atoms with E-state index in [9.17, 15) is 14.7 Å². The first-order valence-corrected chi connectivity index (χ1v) is 9.71. The minimum absolute atomic E-state index is 0.000194. The second-order valence-corrected chi connectivity index (χ2v) is 7.45. The molecule has 7 heteroatoms. The van der Waals surface area contributed by atoms with Crippen molar-refractivity contribution in [3.05, 3.63) is 59.7 Å². The molecule has 2 amide bonds. The van der Waals surface area contributed by atoms with Gasteiger partial charge in [-0.05, 0) is 36.9 Å². The topological polar surface area (TPSA) is 96.1 Å². The number of phenols is 1. The van der Waals surface area contributed by atoms with Crippen molar-refractivity contribution in [2.75, 3.05) is 26.7 Å². The van der Waals surface area contributed by atoms with Crippen molar-refractivity contribution in [3.63, 3.8) is 0 Å². The fraction of sp³-hybridized carbons (Fsp3) is 0.364. The second kappa shape index (κ2) is 9.43. The van der Waals surface area contributed by atoms with Crippen LogP contribution < -0.4 is 10.5 Å². The zero-order chi connectivity index (χ0) is 20.8. The minimum atomic E-state index is -0.379. The zero-order valence-corrected chi connectivity index (χ0v) is 16.6. The summed E-state index contributed by atoms with van der Waals surface area (Å²) in [7, 11) is 1.82. The molecular weight excluding hydrogens is 370 g/mol. The number of hydrogen-bond donors (Lipinski definition) is 2. The number of likely N-dealkylation sites (N-methyl/N-ethyl adjacent to an activating group) is 1. The number of amides is 2. The molecule has 7 nitrogen and oxygen atoms in total. The molecule has 0 aromatic heterocycles. The maximum absolute atomic E-state index is 12.9. The average Bonchev–Trinajstić information content (AvgIpc) is 2.67. The third kappa shape index (κ3) is 5.96. The van der Waals surface area contributed by atoms with E-state index in [1.54, 1.807) is 18.2 Å². The quantitative estimate of drug-likeness (QED) is 0.745. The number of piperidine rings is 1. The van der Waals surface area contributed by atoms with E-state index in [0.29, 0.717) is 30.9 Å². The molecule has 1 fully saturated rings. The molecule has 0 radical (unpaired) electrons. The summed E-state index contributed by atoms with van der Waals surface area (Å²) in [6, 6.07) is 14.2. The van der Waals surface area contributed by atoms with E-state index in [0.717, 1.165) is 18.4 Å². The lowest BCUT2D eigenvalue weighted by atomic mass is 10.0. The van der Waals surface area contributed by atoms with Gasteiger partial charge >= 0.3 is 0 Å². The summed E-state index contributed by atoms with van der Waals surface area (Å²) in [5, 5.41) is 9.54. The van der Waals surface area contributed by atoms with Crippen LogP contribution in [-0.4, -0.2) is 59.5 Å². The number of hydrogen-bond acceptors (Lipinski definition) is 5. The predicted octanol–water partition coefficient (Wildman–Crippen LogP) is 1.99. The highest BCUT2D eigenvalue weighted by atomic mass is 16.5. The van der Waals surface area contributed by atoms with E-state index < -0.39 is 0 Å². The number of ether oxygens (including phenoxy) is 1. The molecule has 29 heavy (non-hydrogen) atoms. The Morgan fingerprint density at radius 2 is 1.90 bits per heavy atom. The van der Waals surface area contributed by atoms with Gasteiger partial charge in [-0.15, -0.1) is 0 Å².